The van der Waals surface area contributed by atoms with Crippen molar-refractivity contribution >= 4 is 90.3 Å². The van der Waals surface area contributed by atoms with Gasteiger partial charge in [0.15, 0.2) is 0 Å². The highest BCUT2D eigenvalue weighted by Crippen LogP contribution is 2.58. The molecule has 2 aromatic rings. The fourth-order valence-electron chi connectivity index (χ4n) is 5.93. The number of allylic oxidation sites excluding steroid dienone is 2. The van der Waals surface area contributed by atoms with E-state index in [2.05, 4.69) is 0 Å². The molecule has 2 heterocycles. The molecule has 0 radical (unpaired) electrons. The average Bonchev–Trinajstić information content (AvgIpc) is 3.33. The minimum Gasteiger partial charge on any atom is -0.272 e. The van der Waals surface area contributed by atoms with E-state index in [0.717, 1.165) is 12.1 Å². The van der Waals surface area contributed by atoms with E-state index >= 15 is 0 Å². The van der Waals surface area contributed by atoms with Crippen molar-refractivity contribution in [1.29, 1.82) is 0 Å². The summed E-state index contributed by atoms with van der Waals surface area (Å²) in [6, 6.07) is 6.96. The van der Waals surface area contributed by atoms with Gasteiger partial charge in [-0.25, -0.2) is 0 Å². The largest absolute Gasteiger partial charge is 0.319 e. The highest BCUT2D eigenvalue weighted by molar-refractivity contribution is 7.87. The molecule has 12 nitrogen and oxygen atoms in total. The number of halogens is 4. The van der Waals surface area contributed by atoms with Crippen LogP contribution in [-0.2, 0) is 48.0 Å². The van der Waals surface area contributed by atoms with E-state index in [-0.39, 0.29) is 30.2 Å². The van der Waals surface area contributed by atoms with Crippen molar-refractivity contribution in [2.75, 3.05) is 0 Å². The fraction of sp³-hybridized carbons (Fsp3) is 0.250. The van der Waals surface area contributed by atoms with Crippen LogP contribution in [0.15, 0.2) is 58.3 Å². The summed E-state index contributed by atoms with van der Waals surface area (Å²) in [5.74, 6) is -11.6. The van der Waals surface area contributed by atoms with Gasteiger partial charge in [0.25, 0.3) is 23.6 Å². The molecule has 4 amide bonds. The lowest BCUT2D eigenvalue weighted by Gasteiger charge is -2.44. The van der Waals surface area contributed by atoms with Gasteiger partial charge in [0.2, 0.25) is 0 Å². The van der Waals surface area contributed by atoms with Crippen LogP contribution in [0.25, 0.3) is 0 Å². The second-order valence-corrected chi connectivity index (χ2v) is 14.5. The Labute approximate surface area is 257 Å². The molecule has 4 atom stereocenters. The zero-order valence-electron chi connectivity index (χ0n) is 20.4. The van der Waals surface area contributed by atoms with Crippen LogP contribution >= 0.6 is 46.4 Å². The molecule has 220 valence electrons. The Morgan fingerprint density at radius 2 is 0.857 bits per heavy atom. The minimum absolute atomic E-state index is 0.00663. The second-order valence-electron chi connectivity index (χ2n) is 9.79. The van der Waals surface area contributed by atoms with E-state index in [0.29, 0.717) is 0 Å². The fourth-order valence-corrected chi connectivity index (χ4v) is 9.21. The van der Waals surface area contributed by atoms with Crippen LogP contribution in [0, 0.1) is 35.5 Å². The first-order valence-electron chi connectivity index (χ1n) is 11.9. The van der Waals surface area contributed by atoms with Crippen LogP contribution in [0.5, 0.6) is 0 Å². The summed E-state index contributed by atoms with van der Waals surface area (Å²) >= 11 is 23.7. The SMILES string of the molecule is O=C1C2C3C=CC(C2C(=O)N1OS(=O)(=O)c1cc(Cl)ccc1Cl)C1C(=O)N(OS(=O)(=O)c2cc(Cl)ccc2Cl)C(=O)C31. The summed E-state index contributed by atoms with van der Waals surface area (Å²) < 4.78 is 61.6. The summed E-state index contributed by atoms with van der Waals surface area (Å²) in [4.78, 5) is 52.4. The third-order valence-electron chi connectivity index (χ3n) is 7.60. The van der Waals surface area contributed by atoms with Gasteiger partial charge in [-0.2, -0.15) is 16.8 Å². The van der Waals surface area contributed by atoms with Gasteiger partial charge in [0, 0.05) is 21.9 Å². The smallest absolute Gasteiger partial charge is 0.272 e. The number of carbonyl (C=O) groups is 4. The predicted molar refractivity (Wildman–Crippen MR) is 143 cm³/mol. The molecule has 2 aliphatic heterocycles. The van der Waals surface area contributed by atoms with Crippen molar-refractivity contribution < 1.29 is 44.6 Å². The van der Waals surface area contributed by atoms with Gasteiger partial charge in [-0.1, -0.05) is 58.6 Å². The van der Waals surface area contributed by atoms with E-state index in [1.807, 2.05) is 0 Å². The van der Waals surface area contributed by atoms with E-state index in [1.54, 1.807) is 0 Å². The number of amides is 4. The lowest BCUT2D eigenvalue weighted by atomic mass is 9.54. The van der Waals surface area contributed by atoms with Gasteiger partial charge >= 0.3 is 20.2 Å². The van der Waals surface area contributed by atoms with Crippen molar-refractivity contribution in [3.63, 3.8) is 0 Å². The van der Waals surface area contributed by atoms with Crippen molar-refractivity contribution in [3.8, 4) is 0 Å². The molecule has 42 heavy (non-hydrogen) atoms. The first kappa shape index (κ1) is 29.5. The van der Waals surface area contributed by atoms with Crippen LogP contribution in [0.3, 0.4) is 0 Å². The highest BCUT2D eigenvalue weighted by Gasteiger charge is 2.70. The van der Waals surface area contributed by atoms with E-state index < -0.39 is 89.2 Å². The van der Waals surface area contributed by atoms with Crippen LogP contribution in [-0.4, -0.2) is 50.6 Å². The van der Waals surface area contributed by atoms with Gasteiger partial charge in [0.1, 0.15) is 9.79 Å². The zero-order valence-corrected chi connectivity index (χ0v) is 25.0. The van der Waals surface area contributed by atoms with Crippen molar-refractivity contribution in [2.24, 2.45) is 35.5 Å². The molecule has 4 unspecified atom stereocenters. The van der Waals surface area contributed by atoms with E-state index in [4.69, 9.17) is 55.0 Å². The van der Waals surface area contributed by atoms with Crippen LogP contribution in [0.4, 0.5) is 0 Å². The molecular formula is C24H14Cl4N2O10S2. The first-order chi connectivity index (χ1) is 19.6. The van der Waals surface area contributed by atoms with Crippen molar-refractivity contribution in [1.82, 2.24) is 10.1 Å². The molecule has 2 saturated heterocycles. The normalized spacial score (nSPS) is 28.6. The maximum atomic E-state index is 13.4. The molecule has 0 N–H and O–H groups in total. The topological polar surface area (TPSA) is 161 Å². The van der Waals surface area contributed by atoms with Gasteiger partial charge in [-0.3, -0.25) is 19.2 Å². The number of imide groups is 2. The molecule has 5 aliphatic rings. The Balaban J connectivity index is 1.29. The summed E-state index contributed by atoms with van der Waals surface area (Å²) in [5.41, 5.74) is 0. The third kappa shape index (κ3) is 4.39. The van der Waals surface area contributed by atoms with E-state index in [1.165, 1.54) is 36.4 Å². The van der Waals surface area contributed by atoms with Gasteiger partial charge in [-0.05, 0) is 36.4 Å². The summed E-state index contributed by atoms with van der Waals surface area (Å²) in [6.45, 7) is 0. The monoisotopic (exact) mass is 694 g/mol. The number of nitrogens with zero attached hydrogens (tertiary/aromatic N) is 2. The standard InChI is InChI=1S/C24H14Cl4N2O10S2/c25-9-1-5-13(27)15(7-9)41(35,36)39-29-21(31)17-11-3-4-12(18(17)22(29)32)20-19(11)23(33)30(24(20)34)40-42(37,38)16-8-10(26)2-6-14(16)28/h1-8,11-12,17-20H. The maximum Gasteiger partial charge on any atom is 0.319 e. The Hall–Kier alpha value is -2.56. The van der Waals surface area contributed by atoms with E-state index in [9.17, 15) is 36.0 Å². The molecule has 1 saturated carbocycles. The molecule has 7 rings (SSSR count). The van der Waals surface area contributed by atoms with Gasteiger partial charge < -0.3 is 0 Å². The van der Waals surface area contributed by atoms with Crippen LogP contribution in [0.1, 0.15) is 0 Å². The molecule has 18 heteroatoms. The maximum absolute atomic E-state index is 13.4. The quantitative estimate of drug-likeness (QED) is 0.324. The summed E-state index contributed by atoms with van der Waals surface area (Å²) in [5, 5.41) is -0.397. The summed E-state index contributed by atoms with van der Waals surface area (Å²) in [7, 11) is -9.65. The highest BCUT2D eigenvalue weighted by atomic mass is 35.5. The molecule has 3 fully saturated rings. The zero-order chi connectivity index (χ0) is 30.5. The Kier molecular flexibility index (Phi) is 7.02. The molecule has 3 aliphatic carbocycles. The summed E-state index contributed by atoms with van der Waals surface area (Å²) in [6.07, 6.45) is 2.92. The Morgan fingerprint density at radius 1 is 0.548 bits per heavy atom. The second kappa shape index (κ2) is 9.99. The van der Waals surface area contributed by atoms with Gasteiger partial charge in [0.05, 0.1) is 33.7 Å². The number of rotatable bonds is 6. The molecule has 2 aromatic carbocycles. The van der Waals surface area contributed by atoms with Crippen molar-refractivity contribution in [2.45, 2.75) is 9.79 Å². The number of hydrogen-bond acceptors (Lipinski definition) is 10. The average molecular weight is 696 g/mol. The van der Waals surface area contributed by atoms with Gasteiger partial charge in [-0.15, -0.1) is 18.7 Å². The number of carbonyl (C=O) groups excluding carboxylic acids is 4. The number of hydrogen-bond donors (Lipinski definition) is 0. The lowest BCUT2D eigenvalue weighted by Crippen LogP contribution is -2.50. The molecule has 0 spiro atoms. The number of benzene rings is 2. The van der Waals surface area contributed by atoms with Crippen LogP contribution in [0.2, 0.25) is 20.1 Å². The predicted octanol–water partition coefficient (Wildman–Crippen LogP) is 3.26. The lowest BCUT2D eigenvalue weighted by molar-refractivity contribution is -0.166. The molecule has 0 aromatic heterocycles. The Bertz CT molecular complexity index is 1690. The first-order valence-corrected chi connectivity index (χ1v) is 16.2. The molecule has 2 bridgehead atoms. The number of hydroxylamine groups is 4. The molecular weight excluding hydrogens is 682 g/mol. The minimum atomic E-state index is -4.82. The third-order valence-corrected chi connectivity index (χ3v) is 11.4. The van der Waals surface area contributed by atoms with Crippen molar-refractivity contribution in [3.05, 3.63) is 68.6 Å². The Morgan fingerprint density at radius 3 is 1.17 bits per heavy atom. The van der Waals surface area contributed by atoms with Crippen LogP contribution < -0.4 is 0 Å².